The van der Waals surface area contributed by atoms with E-state index in [-0.39, 0.29) is 5.56 Å². The minimum atomic E-state index is -0.0320. The lowest BCUT2D eigenvalue weighted by Crippen LogP contribution is -2.11. The lowest BCUT2D eigenvalue weighted by atomic mass is 9.98. The van der Waals surface area contributed by atoms with E-state index in [1.807, 2.05) is 0 Å². The third kappa shape index (κ3) is 3.90. The van der Waals surface area contributed by atoms with Crippen molar-refractivity contribution in [1.82, 2.24) is 9.97 Å². The topological polar surface area (TPSA) is 69.5 Å². The number of thioether (sulfide) groups is 1. The zero-order valence-electron chi connectivity index (χ0n) is 13.2. The highest BCUT2D eigenvalue weighted by molar-refractivity contribution is 7.99. The van der Waals surface area contributed by atoms with Crippen LogP contribution in [0.5, 0.6) is 0 Å². The van der Waals surface area contributed by atoms with Crippen LogP contribution >= 0.6 is 23.1 Å². The van der Waals surface area contributed by atoms with Gasteiger partial charge in [-0.05, 0) is 31.2 Å². The van der Waals surface area contributed by atoms with E-state index < -0.39 is 0 Å². The van der Waals surface area contributed by atoms with E-state index in [1.54, 1.807) is 11.3 Å². The van der Waals surface area contributed by atoms with E-state index in [0.717, 1.165) is 40.8 Å². The summed E-state index contributed by atoms with van der Waals surface area (Å²) in [7, 11) is 0. The zero-order valence-corrected chi connectivity index (χ0v) is 14.9. The highest BCUT2D eigenvalue weighted by Crippen LogP contribution is 2.30. The second-order valence-corrected chi connectivity index (χ2v) is 7.80. The highest BCUT2D eigenvalue weighted by Gasteiger charge is 2.16. The average Bonchev–Trinajstić information content (AvgIpc) is 2.80. The maximum Gasteiger partial charge on any atom is 0.260 e. The Labute approximate surface area is 139 Å². The monoisotopic (exact) mass is 335 g/mol. The van der Waals surface area contributed by atoms with Crippen LogP contribution in [-0.2, 0) is 6.42 Å². The van der Waals surface area contributed by atoms with Gasteiger partial charge in [-0.3, -0.25) is 4.79 Å². The van der Waals surface area contributed by atoms with Crippen LogP contribution in [0, 0.1) is 24.2 Å². The number of aromatic nitrogens is 2. The van der Waals surface area contributed by atoms with Crippen molar-refractivity contribution in [3.8, 4) is 6.07 Å². The SMILES string of the molecule is CCC(C)Cc1c(C)sc2nc(SCCCC#N)[nH]c(=O)c12. The van der Waals surface area contributed by atoms with E-state index in [2.05, 4.69) is 36.8 Å². The number of rotatable bonds is 7. The molecule has 4 nitrogen and oxygen atoms in total. The van der Waals surface area contributed by atoms with E-state index >= 15 is 0 Å². The molecule has 0 saturated heterocycles. The Kier molecular flexibility index (Phi) is 6.04. The number of hydrogen-bond acceptors (Lipinski definition) is 5. The normalized spacial score (nSPS) is 12.5. The molecule has 2 heterocycles. The van der Waals surface area contributed by atoms with E-state index in [0.29, 0.717) is 17.5 Å². The molecule has 0 aliphatic heterocycles. The van der Waals surface area contributed by atoms with Gasteiger partial charge >= 0.3 is 0 Å². The molecular weight excluding hydrogens is 314 g/mol. The van der Waals surface area contributed by atoms with Gasteiger partial charge in [-0.15, -0.1) is 11.3 Å². The van der Waals surface area contributed by atoms with Crippen LogP contribution < -0.4 is 5.56 Å². The molecule has 0 aliphatic rings. The molecule has 0 aliphatic carbocycles. The third-order valence-electron chi connectivity index (χ3n) is 3.76. The fourth-order valence-corrected chi connectivity index (χ4v) is 4.20. The van der Waals surface area contributed by atoms with Crippen LogP contribution in [0.1, 0.15) is 43.6 Å². The number of aromatic amines is 1. The summed E-state index contributed by atoms with van der Waals surface area (Å²) in [5.41, 5.74) is 1.12. The van der Waals surface area contributed by atoms with Crippen molar-refractivity contribution in [3.63, 3.8) is 0 Å². The zero-order chi connectivity index (χ0) is 16.1. The van der Waals surface area contributed by atoms with Crippen LogP contribution in [0.3, 0.4) is 0 Å². The van der Waals surface area contributed by atoms with E-state index in [1.165, 1.54) is 16.6 Å². The maximum atomic E-state index is 12.4. The Hall–Kier alpha value is -1.32. The second kappa shape index (κ2) is 7.80. The van der Waals surface area contributed by atoms with Crippen molar-refractivity contribution in [2.24, 2.45) is 5.92 Å². The molecule has 0 spiro atoms. The maximum absolute atomic E-state index is 12.4. The number of thiophene rings is 1. The molecule has 1 unspecified atom stereocenters. The molecule has 1 atom stereocenters. The summed E-state index contributed by atoms with van der Waals surface area (Å²) in [6.07, 6.45) is 3.39. The number of hydrogen-bond donors (Lipinski definition) is 1. The summed E-state index contributed by atoms with van der Waals surface area (Å²) >= 11 is 3.12. The van der Waals surface area contributed by atoms with Crippen molar-refractivity contribution < 1.29 is 0 Å². The number of fused-ring (bicyclic) bond motifs is 1. The molecule has 0 bridgehead atoms. The highest BCUT2D eigenvalue weighted by atomic mass is 32.2. The summed E-state index contributed by atoms with van der Waals surface area (Å²) in [6.45, 7) is 6.46. The van der Waals surface area contributed by atoms with Gasteiger partial charge in [-0.1, -0.05) is 32.0 Å². The van der Waals surface area contributed by atoms with Gasteiger partial charge in [0.05, 0.1) is 11.5 Å². The van der Waals surface area contributed by atoms with Gasteiger partial charge in [-0.2, -0.15) is 5.26 Å². The summed E-state index contributed by atoms with van der Waals surface area (Å²) in [4.78, 5) is 22.0. The average molecular weight is 335 g/mol. The predicted molar refractivity (Wildman–Crippen MR) is 93.7 cm³/mol. The number of nitrogens with zero attached hydrogens (tertiary/aromatic N) is 2. The quantitative estimate of drug-likeness (QED) is 0.466. The Balaban J connectivity index is 2.29. The number of H-pyrrole nitrogens is 1. The van der Waals surface area contributed by atoms with Gasteiger partial charge < -0.3 is 4.98 Å². The molecule has 2 aromatic heterocycles. The molecule has 6 heteroatoms. The Bertz CT molecular complexity index is 742. The molecule has 0 amide bonds. The van der Waals surface area contributed by atoms with E-state index in [4.69, 9.17) is 5.26 Å². The minimum Gasteiger partial charge on any atom is -0.301 e. The van der Waals surface area contributed by atoms with Gasteiger partial charge in [0.1, 0.15) is 4.83 Å². The number of nitriles is 1. The van der Waals surface area contributed by atoms with E-state index in [9.17, 15) is 4.79 Å². The summed E-state index contributed by atoms with van der Waals surface area (Å²) in [6, 6.07) is 2.13. The second-order valence-electron chi connectivity index (χ2n) is 5.52. The largest absolute Gasteiger partial charge is 0.301 e. The molecule has 0 radical (unpaired) electrons. The van der Waals surface area contributed by atoms with Crippen molar-refractivity contribution >= 4 is 33.3 Å². The molecular formula is C16H21N3OS2. The molecule has 0 aromatic carbocycles. The minimum absolute atomic E-state index is 0.0320. The molecule has 118 valence electrons. The fourth-order valence-electron chi connectivity index (χ4n) is 2.28. The first-order valence-electron chi connectivity index (χ1n) is 7.58. The summed E-state index contributed by atoms with van der Waals surface area (Å²) in [5, 5.41) is 9.97. The molecule has 1 N–H and O–H groups in total. The van der Waals surface area contributed by atoms with Crippen LogP contribution in [0.4, 0.5) is 0 Å². The first-order valence-corrected chi connectivity index (χ1v) is 9.39. The van der Waals surface area contributed by atoms with Crippen LogP contribution in [0.25, 0.3) is 10.2 Å². The Morgan fingerprint density at radius 1 is 1.50 bits per heavy atom. The number of unbranched alkanes of at least 4 members (excludes halogenated alkanes) is 1. The lowest BCUT2D eigenvalue weighted by molar-refractivity contribution is 0.561. The van der Waals surface area contributed by atoms with Gasteiger partial charge in [0, 0.05) is 17.1 Å². The first-order chi connectivity index (χ1) is 10.6. The molecule has 2 rings (SSSR count). The van der Waals surface area contributed by atoms with Gasteiger partial charge in [0.2, 0.25) is 0 Å². The Morgan fingerprint density at radius 2 is 2.27 bits per heavy atom. The predicted octanol–water partition coefficient (Wildman–Crippen LogP) is 4.28. The molecule has 22 heavy (non-hydrogen) atoms. The summed E-state index contributed by atoms with van der Waals surface area (Å²) in [5.74, 6) is 1.36. The van der Waals surface area contributed by atoms with Crippen molar-refractivity contribution in [3.05, 3.63) is 20.8 Å². The lowest BCUT2D eigenvalue weighted by Gasteiger charge is -2.08. The standard InChI is InChI=1S/C16H21N3OS2/c1-4-10(2)9-12-11(3)22-15-13(12)14(20)18-16(19-15)21-8-6-5-7-17/h10H,4-6,8-9H2,1-3H3,(H,18,19,20). The van der Waals surface area contributed by atoms with Crippen LogP contribution in [-0.4, -0.2) is 15.7 Å². The van der Waals surface area contributed by atoms with Gasteiger partial charge in [0.25, 0.3) is 5.56 Å². The first kappa shape index (κ1) is 17.0. The molecule has 0 saturated carbocycles. The number of aryl methyl sites for hydroxylation is 1. The molecule has 2 aromatic rings. The van der Waals surface area contributed by atoms with Crippen LogP contribution in [0.15, 0.2) is 9.95 Å². The van der Waals surface area contributed by atoms with Crippen molar-refractivity contribution in [1.29, 1.82) is 5.26 Å². The van der Waals surface area contributed by atoms with Crippen molar-refractivity contribution in [2.75, 3.05) is 5.75 Å². The molecule has 0 fully saturated rings. The third-order valence-corrected chi connectivity index (χ3v) is 5.76. The smallest absolute Gasteiger partial charge is 0.260 e. The van der Waals surface area contributed by atoms with Gasteiger partial charge in [-0.25, -0.2) is 4.98 Å². The fraction of sp³-hybridized carbons (Fsp3) is 0.562. The van der Waals surface area contributed by atoms with Crippen molar-refractivity contribution in [2.45, 2.75) is 51.6 Å². The Morgan fingerprint density at radius 3 is 2.95 bits per heavy atom. The van der Waals surface area contributed by atoms with Crippen LogP contribution in [0.2, 0.25) is 0 Å². The number of nitrogens with one attached hydrogen (secondary N) is 1. The van der Waals surface area contributed by atoms with Gasteiger partial charge in [0.15, 0.2) is 5.16 Å². The summed E-state index contributed by atoms with van der Waals surface area (Å²) < 4.78 is 0.